The van der Waals surface area contributed by atoms with Crippen LogP contribution in [0.2, 0.25) is 0 Å². The molecule has 0 unspecified atom stereocenters. The van der Waals surface area contributed by atoms with Gasteiger partial charge in [0.1, 0.15) is 5.82 Å². The van der Waals surface area contributed by atoms with E-state index in [1.807, 2.05) is 0 Å². The molecular weight excluding hydrogens is 641 g/mol. The van der Waals surface area contributed by atoms with E-state index in [-0.39, 0.29) is 72.0 Å². The molecule has 0 amide bonds. The van der Waals surface area contributed by atoms with Crippen LogP contribution in [-0.2, 0) is 0 Å². The Balaban J connectivity index is 1.40. The van der Waals surface area contributed by atoms with Gasteiger partial charge in [-0.1, -0.05) is 157 Å². The highest BCUT2D eigenvalue weighted by Crippen LogP contribution is 2.46. The molecule has 1 aromatic heterocycles. The molecule has 0 saturated carbocycles. The summed E-state index contributed by atoms with van der Waals surface area (Å²) in [5.41, 5.74) is -1.03. The predicted octanol–water partition coefficient (Wildman–Crippen LogP) is 13.7. The molecule has 0 aliphatic heterocycles. The molecule has 0 aliphatic rings. The van der Waals surface area contributed by atoms with E-state index in [4.69, 9.17) is 31.0 Å². The van der Waals surface area contributed by atoms with E-state index in [1.165, 1.54) is 41.0 Å². The second-order valence-corrected chi connectivity index (χ2v) is 11.9. The molecular formula is C51H34N2. The number of para-hydroxylation sites is 3. The highest BCUT2D eigenvalue weighted by Gasteiger charge is 2.20. The highest BCUT2D eigenvalue weighted by molar-refractivity contribution is 6.21. The third-order valence-electron chi connectivity index (χ3n) is 8.85. The summed E-state index contributed by atoms with van der Waals surface area (Å²) in [7, 11) is 0. The number of fused-ring (bicyclic) bond motifs is 3. The summed E-state index contributed by atoms with van der Waals surface area (Å²) >= 11 is 0. The van der Waals surface area contributed by atoms with E-state index in [0.29, 0.717) is 11.0 Å². The molecule has 0 radical (unpaired) electrons. The van der Waals surface area contributed by atoms with Crippen LogP contribution in [0.3, 0.4) is 0 Å². The summed E-state index contributed by atoms with van der Waals surface area (Å²) < 4.78 is 206. The van der Waals surface area contributed by atoms with Crippen molar-refractivity contribution in [1.29, 1.82) is 0 Å². The van der Waals surface area contributed by atoms with Crippen molar-refractivity contribution in [2.75, 3.05) is 0 Å². The molecule has 10 aromatic rings. The lowest BCUT2D eigenvalue weighted by Gasteiger charge is -2.19. The summed E-state index contributed by atoms with van der Waals surface area (Å²) in [6, 6.07) is 0.497. The first-order chi connectivity index (χ1) is 35.8. The van der Waals surface area contributed by atoms with E-state index < -0.39 is 150 Å². The zero-order valence-electron chi connectivity index (χ0n) is 50.2. The van der Waals surface area contributed by atoms with Gasteiger partial charge in [0.05, 0.1) is 42.6 Å². The maximum absolute atomic E-state index is 9.62. The standard InChI is InChI=1S/C51H34N2/c1-4-17-35(18-5-1)39-32-40(36-19-6-2-7-20-36)34-41(33-39)50-45-27-12-10-25-43(45)49(44-26-11-13-28-46(44)50)37-21-16-22-38(31-37)51-52-47-29-14-15-30-48(47)53(51)42-23-8-3-9-24-42/h1-34H/i1D,2D,3D,4D,5D,6D,7D,8D,9D,10D,11D,12D,13D,17D,18D,19D,20D,23D,24D,25D,26D,27D,28D. The first-order valence-corrected chi connectivity index (χ1v) is 16.2. The topological polar surface area (TPSA) is 17.8 Å². The Morgan fingerprint density at radius 1 is 0.377 bits per heavy atom. The smallest absolute Gasteiger partial charge is 0.145 e. The maximum Gasteiger partial charge on any atom is 0.145 e. The molecule has 10 rings (SSSR count). The summed E-state index contributed by atoms with van der Waals surface area (Å²) in [4.78, 5) is 4.84. The van der Waals surface area contributed by atoms with Crippen molar-refractivity contribution in [2.24, 2.45) is 0 Å². The van der Waals surface area contributed by atoms with Gasteiger partial charge >= 0.3 is 0 Å². The molecule has 9 aromatic carbocycles. The first-order valence-electron chi connectivity index (χ1n) is 27.7. The van der Waals surface area contributed by atoms with E-state index >= 15 is 0 Å². The molecule has 1 heterocycles. The summed E-state index contributed by atoms with van der Waals surface area (Å²) in [5.74, 6) is 0.0558. The van der Waals surface area contributed by atoms with Crippen LogP contribution in [0, 0.1) is 0 Å². The number of rotatable bonds is 6. The minimum Gasteiger partial charge on any atom is -0.292 e. The largest absolute Gasteiger partial charge is 0.292 e. The van der Waals surface area contributed by atoms with Crippen molar-refractivity contribution in [3.8, 4) is 61.6 Å². The molecule has 0 spiro atoms. The highest BCUT2D eigenvalue weighted by atomic mass is 15.1. The molecule has 0 aliphatic carbocycles. The van der Waals surface area contributed by atoms with Crippen molar-refractivity contribution < 1.29 is 31.5 Å². The molecule has 0 saturated heterocycles. The lowest BCUT2D eigenvalue weighted by molar-refractivity contribution is 1.10. The normalized spacial score (nSPS) is 17.5. The van der Waals surface area contributed by atoms with Gasteiger partial charge in [0.15, 0.2) is 0 Å². The Hall–Kier alpha value is -7.03. The minimum absolute atomic E-state index is 0.0558. The predicted molar refractivity (Wildman–Crippen MR) is 223 cm³/mol. The lowest BCUT2D eigenvalue weighted by atomic mass is 9.84. The number of aromatic nitrogens is 2. The Labute approximate surface area is 341 Å². The molecule has 2 heteroatoms. The van der Waals surface area contributed by atoms with E-state index in [2.05, 4.69) is 0 Å². The number of benzene rings is 9. The van der Waals surface area contributed by atoms with Crippen LogP contribution in [0.15, 0.2) is 206 Å². The first kappa shape index (κ1) is 15.3. The summed E-state index contributed by atoms with van der Waals surface area (Å²) in [6.07, 6.45) is 0. The Morgan fingerprint density at radius 3 is 1.42 bits per heavy atom. The van der Waals surface area contributed by atoms with Crippen molar-refractivity contribution >= 4 is 32.6 Å². The van der Waals surface area contributed by atoms with Gasteiger partial charge in [0, 0.05) is 11.3 Å². The van der Waals surface area contributed by atoms with Crippen molar-refractivity contribution in [3.63, 3.8) is 0 Å². The van der Waals surface area contributed by atoms with Crippen LogP contribution in [0.1, 0.15) is 31.5 Å². The fourth-order valence-corrected chi connectivity index (χ4v) is 6.67. The van der Waals surface area contributed by atoms with Gasteiger partial charge in [-0.2, -0.15) is 0 Å². The van der Waals surface area contributed by atoms with Crippen molar-refractivity contribution in [1.82, 2.24) is 9.55 Å². The van der Waals surface area contributed by atoms with Gasteiger partial charge in [-0.25, -0.2) is 4.98 Å². The van der Waals surface area contributed by atoms with Crippen LogP contribution in [0.5, 0.6) is 0 Å². The Kier molecular flexibility index (Phi) is 3.73. The van der Waals surface area contributed by atoms with E-state index in [9.17, 15) is 5.48 Å². The molecule has 0 fully saturated rings. The van der Waals surface area contributed by atoms with Crippen LogP contribution in [0.4, 0.5) is 0 Å². The van der Waals surface area contributed by atoms with Gasteiger partial charge in [-0.3, -0.25) is 4.57 Å². The number of hydrogen-bond donors (Lipinski definition) is 0. The van der Waals surface area contributed by atoms with Gasteiger partial charge in [0.25, 0.3) is 0 Å². The third-order valence-corrected chi connectivity index (χ3v) is 8.85. The monoisotopic (exact) mass is 697 g/mol. The van der Waals surface area contributed by atoms with Crippen molar-refractivity contribution in [2.45, 2.75) is 0 Å². The van der Waals surface area contributed by atoms with Gasteiger partial charge in [0.2, 0.25) is 0 Å². The van der Waals surface area contributed by atoms with Crippen LogP contribution in [-0.4, -0.2) is 9.55 Å². The zero-order chi connectivity index (χ0) is 55.2. The van der Waals surface area contributed by atoms with Gasteiger partial charge in [-0.15, -0.1) is 0 Å². The molecule has 248 valence electrons. The lowest BCUT2D eigenvalue weighted by Crippen LogP contribution is -1.97. The van der Waals surface area contributed by atoms with Crippen LogP contribution < -0.4 is 0 Å². The molecule has 0 bridgehead atoms. The number of nitrogens with zero attached hydrogens (tertiary/aromatic N) is 2. The zero-order valence-corrected chi connectivity index (χ0v) is 27.2. The minimum atomic E-state index is -0.779. The van der Waals surface area contributed by atoms with Gasteiger partial charge < -0.3 is 0 Å². The Morgan fingerprint density at radius 2 is 0.830 bits per heavy atom. The average molecular weight is 698 g/mol. The molecule has 0 atom stereocenters. The second kappa shape index (κ2) is 12.9. The Bertz CT molecular complexity index is 4020. The van der Waals surface area contributed by atoms with Crippen LogP contribution in [0.25, 0.3) is 94.2 Å². The number of imidazole rings is 1. The quantitative estimate of drug-likeness (QED) is 0.158. The third kappa shape index (κ3) is 5.40. The summed E-state index contributed by atoms with van der Waals surface area (Å²) in [5, 5.41) is -1.24. The summed E-state index contributed by atoms with van der Waals surface area (Å²) in [6.45, 7) is 0. The van der Waals surface area contributed by atoms with Gasteiger partial charge in [-0.05, 0) is 115 Å². The van der Waals surface area contributed by atoms with Crippen molar-refractivity contribution in [3.05, 3.63) is 206 Å². The molecule has 53 heavy (non-hydrogen) atoms. The van der Waals surface area contributed by atoms with E-state index in [1.54, 1.807) is 30.3 Å². The maximum atomic E-state index is 9.62. The fourth-order valence-electron chi connectivity index (χ4n) is 6.67. The van der Waals surface area contributed by atoms with Crippen LogP contribution >= 0.6 is 0 Å². The second-order valence-electron chi connectivity index (χ2n) is 11.9. The average Bonchev–Trinajstić information content (AvgIpc) is 3.88. The van der Waals surface area contributed by atoms with E-state index in [0.717, 1.165) is 0 Å². The molecule has 2 nitrogen and oxygen atoms in total. The molecule has 0 N–H and O–H groups in total. The fraction of sp³-hybridized carbons (Fsp3) is 0. The number of hydrogen-bond acceptors (Lipinski definition) is 1. The SMILES string of the molecule is [2H]c1c([2H])c([2H])c(-c2cc(-c3c([2H])c([2H])c([2H])c([2H])c3[2H])cc(-c3c4c([2H])c([2H])c([2H])c([2H])c4c(-c4cccc(-c5nc6ccccc6n5-c5c([2H])c([2H])c([2H])c([2H])c5[2H])c4)c4c([2H])c([2H])c([2H])c([2H])c34)c2)c([2H])c1[2H].